The molecule has 6 nitrogen and oxygen atoms in total. The third-order valence-corrected chi connectivity index (χ3v) is 7.06. The molecule has 1 aliphatic rings. The Morgan fingerprint density at radius 1 is 0.947 bits per heavy atom. The minimum atomic E-state index is -1.14. The molecule has 0 unspecified atom stereocenters. The monoisotopic (exact) mass is 519 g/mol. The number of benzene rings is 3. The van der Waals surface area contributed by atoms with Crippen LogP contribution in [-0.4, -0.2) is 46.7 Å². The van der Waals surface area contributed by atoms with Crippen molar-refractivity contribution in [2.24, 2.45) is 5.73 Å². The summed E-state index contributed by atoms with van der Waals surface area (Å²) >= 11 is 0. The van der Waals surface area contributed by atoms with Gasteiger partial charge in [0.1, 0.15) is 17.7 Å². The van der Waals surface area contributed by atoms with Gasteiger partial charge in [-0.25, -0.2) is 8.78 Å². The van der Waals surface area contributed by atoms with Gasteiger partial charge in [0.15, 0.2) is 0 Å². The average Bonchev–Trinajstić information content (AvgIpc) is 3.01. The minimum Gasteiger partial charge on any atom is -0.337 e. The van der Waals surface area contributed by atoms with Crippen LogP contribution in [0.15, 0.2) is 78.9 Å². The van der Waals surface area contributed by atoms with Crippen LogP contribution in [0.1, 0.15) is 48.4 Å². The molecule has 0 aromatic heterocycles. The third-order valence-electron chi connectivity index (χ3n) is 7.06. The summed E-state index contributed by atoms with van der Waals surface area (Å²) in [5.41, 5.74) is 7.90. The second-order valence-corrected chi connectivity index (χ2v) is 9.82. The molecular weight excluding hydrogens is 488 g/mol. The number of nitrogens with two attached hydrogens (primary N) is 1. The van der Waals surface area contributed by atoms with Crippen LogP contribution in [-0.2, 0) is 20.8 Å². The molecule has 3 aromatic carbocycles. The number of hydrogen-bond acceptors (Lipinski definition) is 4. The summed E-state index contributed by atoms with van der Waals surface area (Å²) in [6, 6.07) is 19.5. The van der Waals surface area contributed by atoms with E-state index in [0.717, 1.165) is 28.2 Å². The Hall–Kier alpha value is -3.91. The number of carbonyl (C=O) groups excluding carboxylic acids is 3. The average molecular weight is 520 g/mol. The number of carbonyl (C=O) groups is 3. The maximum Gasteiger partial charge on any atom is 0.246 e. The Kier molecular flexibility index (Phi) is 8.32. The van der Waals surface area contributed by atoms with Crippen LogP contribution in [0.4, 0.5) is 8.78 Å². The first-order valence-electron chi connectivity index (χ1n) is 12.6. The summed E-state index contributed by atoms with van der Waals surface area (Å²) in [7, 11) is 1.67. The Morgan fingerprint density at radius 2 is 1.50 bits per heavy atom. The minimum absolute atomic E-state index is 0.0613. The fourth-order valence-corrected chi connectivity index (χ4v) is 5.17. The zero-order valence-corrected chi connectivity index (χ0v) is 21.4. The summed E-state index contributed by atoms with van der Waals surface area (Å²) in [5.74, 6) is -3.69. The van der Waals surface area contributed by atoms with E-state index in [-0.39, 0.29) is 23.9 Å². The molecule has 0 spiro atoms. The van der Waals surface area contributed by atoms with Crippen molar-refractivity contribution in [3.63, 3.8) is 0 Å². The lowest BCUT2D eigenvalue weighted by atomic mass is 9.86. The largest absolute Gasteiger partial charge is 0.337 e. The molecule has 0 saturated carbocycles. The van der Waals surface area contributed by atoms with Crippen LogP contribution in [0.3, 0.4) is 0 Å². The Bertz CT molecular complexity index is 1280. The van der Waals surface area contributed by atoms with Crippen LogP contribution in [0, 0.1) is 11.6 Å². The standard InChI is InChI=1S/C30H31F2N3O3/c1-19(33)29(37)35(28(36)15-20-13-24(31)18-25(32)14-20)27-17-23(21-9-5-3-6-10-21)16-26(34(2)30(27)38)22-11-7-4-8-12-22/h3-14,18-19,23,26-27H,15-17,33H2,1-2H3/t19-,23-,26-,27-/m0/s1. The molecule has 38 heavy (non-hydrogen) atoms. The molecule has 3 amide bonds. The fraction of sp³-hybridized carbons (Fsp3) is 0.300. The van der Waals surface area contributed by atoms with E-state index in [9.17, 15) is 23.2 Å². The van der Waals surface area contributed by atoms with Crippen molar-refractivity contribution in [3.8, 4) is 0 Å². The number of hydrogen-bond donors (Lipinski definition) is 1. The first-order valence-corrected chi connectivity index (χ1v) is 12.6. The number of nitrogens with zero attached hydrogens (tertiary/aromatic N) is 2. The van der Waals surface area contributed by atoms with Gasteiger partial charge in [-0.2, -0.15) is 0 Å². The fourth-order valence-electron chi connectivity index (χ4n) is 5.17. The van der Waals surface area contributed by atoms with E-state index < -0.39 is 47.9 Å². The van der Waals surface area contributed by atoms with Crippen molar-refractivity contribution in [2.75, 3.05) is 7.05 Å². The molecule has 4 atom stereocenters. The number of rotatable bonds is 6. The molecule has 1 fully saturated rings. The van der Waals surface area contributed by atoms with Crippen LogP contribution >= 0.6 is 0 Å². The highest BCUT2D eigenvalue weighted by molar-refractivity contribution is 6.03. The van der Waals surface area contributed by atoms with Gasteiger partial charge in [0.25, 0.3) is 0 Å². The second-order valence-electron chi connectivity index (χ2n) is 9.82. The molecule has 3 aromatic rings. The topological polar surface area (TPSA) is 83.7 Å². The first-order chi connectivity index (χ1) is 18.2. The van der Waals surface area contributed by atoms with E-state index in [0.29, 0.717) is 12.5 Å². The lowest BCUT2D eigenvalue weighted by Gasteiger charge is -2.33. The lowest BCUT2D eigenvalue weighted by molar-refractivity contribution is -0.155. The molecule has 1 aliphatic heterocycles. The van der Waals surface area contributed by atoms with E-state index in [1.54, 1.807) is 11.9 Å². The maximum atomic E-state index is 14.0. The van der Waals surface area contributed by atoms with Crippen LogP contribution in [0.2, 0.25) is 0 Å². The van der Waals surface area contributed by atoms with E-state index in [1.165, 1.54) is 6.92 Å². The summed E-state index contributed by atoms with van der Waals surface area (Å²) in [5, 5.41) is 0. The third kappa shape index (κ3) is 5.97. The van der Waals surface area contributed by atoms with Gasteiger partial charge in [0.05, 0.1) is 18.5 Å². The lowest BCUT2D eigenvalue weighted by Crippen LogP contribution is -2.56. The zero-order chi connectivity index (χ0) is 27.4. The van der Waals surface area contributed by atoms with Gasteiger partial charge in [0, 0.05) is 13.1 Å². The van der Waals surface area contributed by atoms with Crippen molar-refractivity contribution in [2.45, 2.75) is 50.2 Å². The predicted molar refractivity (Wildman–Crippen MR) is 140 cm³/mol. The highest BCUT2D eigenvalue weighted by Gasteiger charge is 2.43. The van der Waals surface area contributed by atoms with Crippen molar-refractivity contribution in [1.82, 2.24) is 9.80 Å². The summed E-state index contributed by atoms with van der Waals surface area (Å²) in [4.78, 5) is 43.4. The van der Waals surface area contributed by atoms with Gasteiger partial charge in [-0.05, 0) is 54.5 Å². The van der Waals surface area contributed by atoms with Gasteiger partial charge in [-0.15, -0.1) is 0 Å². The van der Waals surface area contributed by atoms with E-state index >= 15 is 0 Å². The number of imide groups is 1. The second kappa shape index (κ2) is 11.6. The number of likely N-dealkylation sites (N-methyl/N-ethyl adjacent to an activating group) is 1. The van der Waals surface area contributed by atoms with Gasteiger partial charge < -0.3 is 10.6 Å². The molecule has 8 heteroatoms. The Morgan fingerprint density at radius 3 is 2.05 bits per heavy atom. The number of likely N-dealkylation sites (tertiary alicyclic amines) is 1. The number of amides is 3. The Labute approximate surface area is 221 Å². The molecule has 2 N–H and O–H groups in total. The molecule has 1 heterocycles. The molecule has 0 aliphatic carbocycles. The van der Waals surface area contributed by atoms with Gasteiger partial charge in [-0.3, -0.25) is 19.3 Å². The van der Waals surface area contributed by atoms with E-state index in [1.807, 2.05) is 60.7 Å². The number of halogens is 2. The van der Waals surface area contributed by atoms with Crippen LogP contribution < -0.4 is 5.73 Å². The van der Waals surface area contributed by atoms with Crippen molar-refractivity contribution < 1.29 is 23.2 Å². The zero-order valence-electron chi connectivity index (χ0n) is 21.4. The highest BCUT2D eigenvalue weighted by Crippen LogP contribution is 2.39. The molecule has 0 radical (unpaired) electrons. The van der Waals surface area contributed by atoms with Crippen molar-refractivity contribution >= 4 is 17.7 Å². The highest BCUT2D eigenvalue weighted by atomic mass is 19.1. The van der Waals surface area contributed by atoms with Crippen LogP contribution in [0.25, 0.3) is 0 Å². The summed E-state index contributed by atoms with van der Waals surface area (Å²) in [6.45, 7) is 1.44. The quantitative estimate of drug-likeness (QED) is 0.525. The van der Waals surface area contributed by atoms with Crippen molar-refractivity contribution in [1.29, 1.82) is 0 Å². The SMILES string of the molecule is C[C@H](N)C(=O)N(C(=O)Cc1cc(F)cc(F)c1)[C@H]1C[C@@H](c2ccccc2)C[C@@H](c2ccccc2)N(C)C1=O. The molecular formula is C30H31F2N3O3. The van der Waals surface area contributed by atoms with E-state index in [4.69, 9.17) is 5.73 Å². The van der Waals surface area contributed by atoms with Crippen molar-refractivity contribution in [3.05, 3.63) is 107 Å². The van der Waals surface area contributed by atoms with Gasteiger partial charge >= 0.3 is 0 Å². The first kappa shape index (κ1) is 27.1. The molecule has 198 valence electrons. The maximum absolute atomic E-state index is 14.0. The Balaban J connectivity index is 1.76. The smallest absolute Gasteiger partial charge is 0.246 e. The van der Waals surface area contributed by atoms with Gasteiger partial charge in [0.2, 0.25) is 17.7 Å². The summed E-state index contributed by atoms with van der Waals surface area (Å²) < 4.78 is 27.6. The summed E-state index contributed by atoms with van der Waals surface area (Å²) in [6.07, 6.45) is 0.313. The molecule has 4 rings (SSSR count). The normalized spacial score (nSPS) is 20.5. The van der Waals surface area contributed by atoms with Gasteiger partial charge in [-0.1, -0.05) is 60.7 Å². The van der Waals surface area contributed by atoms with E-state index in [2.05, 4.69) is 0 Å². The predicted octanol–water partition coefficient (Wildman–Crippen LogP) is 4.36. The molecule has 1 saturated heterocycles. The molecule has 0 bridgehead atoms. The van der Waals surface area contributed by atoms with Crippen LogP contribution in [0.5, 0.6) is 0 Å².